The predicted octanol–water partition coefficient (Wildman–Crippen LogP) is 2.36. The van der Waals surface area contributed by atoms with E-state index in [4.69, 9.17) is 0 Å². The Kier molecular flexibility index (Phi) is 4.59. The number of aryl methyl sites for hydroxylation is 2. The monoisotopic (exact) mass is 222 g/mol. The summed E-state index contributed by atoms with van der Waals surface area (Å²) in [4.78, 5) is 13.7. The molecule has 0 saturated heterocycles. The predicted molar refractivity (Wildman–Crippen MR) is 66.5 cm³/mol. The van der Waals surface area contributed by atoms with Crippen LogP contribution in [-0.4, -0.2) is 29.0 Å². The van der Waals surface area contributed by atoms with Crippen LogP contribution in [0.4, 0.5) is 0 Å². The van der Waals surface area contributed by atoms with Crippen LogP contribution in [-0.2, 0) is 11.3 Å². The molecule has 0 aromatic carbocycles. The number of likely N-dealkylation sites (N-methyl/N-ethyl adjacent to an activating group) is 1. The van der Waals surface area contributed by atoms with Crippen LogP contribution in [0.2, 0.25) is 0 Å². The largest absolute Gasteiger partial charge is 0.344 e. The standard InChI is InChI=1S/C13H22N2O/c1-5-6-9-14(4)13(16)10-15-11(2)7-8-12(15)3/h7-8H,5-6,9-10H2,1-4H3. The number of carbonyl (C=O) groups excluding carboxylic acids is 1. The van der Waals surface area contributed by atoms with Crippen molar-refractivity contribution in [2.24, 2.45) is 0 Å². The molecule has 0 aliphatic carbocycles. The summed E-state index contributed by atoms with van der Waals surface area (Å²) in [5.41, 5.74) is 2.30. The Bertz CT molecular complexity index is 335. The molecule has 0 bridgehead atoms. The van der Waals surface area contributed by atoms with Gasteiger partial charge in [-0.15, -0.1) is 0 Å². The fourth-order valence-electron chi connectivity index (χ4n) is 1.72. The zero-order chi connectivity index (χ0) is 12.1. The van der Waals surface area contributed by atoms with Crippen LogP contribution in [0.25, 0.3) is 0 Å². The summed E-state index contributed by atoms with van der Waals surface area (Å²) in [5, 5.41) is 0. The van der Waals surface area contributed by atoms with Gasteiger partial charge in [-0.05, 0) is 32.4 Å². The van der Waals surface area contributed by atoms with Gasteiger partial charge in [0.2, 0.25) is 5.91 Å². The Balaban J connectivity index is 2.57. The second-order valence-electron chi connectivity index (χ2n) is 4.37. The van der Waals surface area contributed by atoms with Gasteiger partial charge in [-0.3, -0.25) is 4.79 Å². The number of carbonyl (C=O) groups is 1. The third kappa shape index (κ3) is 3.12. The molecule has 0 fully saturated rings. The Morgan fingerprint density at radius 2 is 1.88 bits per heavy atom. The van der Waals surface area contributed by atoms with Gasteiger partial charge in [-0.2, -0.15) is 0 Å². The molecule has 0 aliphatic heterocycles. The van der Waals surface area contributed by atoms with Crippen molar-refractivity contribution in [2.75, 3.05) is 13.6 Å². The van der Waals surface area contributed by atoms with Crippen LogP contribution in [0.3, 0.4) is 0 Å². The molecule has 0 spiro atoms. The van der Waals surface area contributed by atoms with Gasteiger partial charge in [0.05, 0.1) is 0 Å². The lowest BCUT2D eigenvalue weighted by atomic mass is 10.3. The molecule has 16 heavy (non-hydrogen) atoms. The maximum atomic E-state index is 11.9. The van der Waals surface area contributed by atoms with Crippen molar-refractivity contribution >= 4 is 5.91 Å². The molecule has 0 aliphatic rings. The van der Waals surface area contributed by atoms with Crippen LogP contribution < -0.4 is 0 Å². The fourth-order valence-corrected chi connectivity index (χ4v) is 1.72. The maximum absolute atomic E-state index is 11.9. The Labute approximate surface area is 98.1 Å². The van der Waals surface area contributed by atoms with E-state index in [0.29, 0.717) is 6.54 Å². The molecule has 1 aromatic heterocycles. The van der Waals surface area contributed by atoms with Crippen LogP contribution in [0.1, 0.15) is 31.2 Å². The lowest BCUT2D eigenvalue weighted by molar-refractivity contribution is -0.130. The first kappa shape index (κ1) is 12.8. The zero-order valence-corrected chi connectivity index (χ0v) is 10.8. The third-order valence-electron chi connectivity index (χ3n) is 2.98. The van der Waals surface area contributed by atoms with Gasteiger partial charge in [0.1, 0.15) is 6.54 Å². The molecule has 3 nitrogen and oxygen atoms in total. The van der Waals surface area contributed by atoms with Gasteiger partial charge in [0, 0.05) is 25.0 Å². The van der Waals surface area contributed by atoms with E-state index in [1.54, 1.807) is 0 Å². The second kappa shape index (κ2) is 5.73. The van der Waals surface area contributed by atoms with Crippen molar-refractivity contribution < 1.29 is 4.79 Å². The number of rotatable bonds is 5. The van der Waals surface area contributed by atoms with Crippen LogP contribution in [0, 0.1) is 13.8 Å². The number of hydrogen-bond donors (Lipinski definition) is 0. The highest BCUT2D eigenvalue weighted by atomic mass is 16.2. The molecular weight excluding hydrogens is 200 g/mol. The van der Waals surface area contributed by atoms with Gasteiger partial charge in [-0.25, -0.2) is 0 Å². The number of amides is 1. The second-order valence-corrected chi connectivity index (χ2v) is 4.37. The number of hydrogen-bond acceptors (Lipinski definition) is 1. The molecule has 0 atom stereocenters. The highest BCUT2D eigenvalue weighted by Crippen LogP contribution is 2.07. The lowest BCUT2D eigenvalue weighted by Crippen LogP contribution is -2.31. The van der Waals surface area contributed by atoms with Gasteiger partial charge in [0.15, 0.2) is 0 Å². The van der Waals surface area contributed by atoms with Gasteiger partial charge < -0.3 is 9.47 Å². The first-order valence-corrected chi connectivity index (χ1v) is 5.93. The minimum atomic E-state index is 0.191. The minimum absolute atomic E-state index is 0.191. The van der Waals surface area contributed by atoms with E-state index in [2.05, 4.69) is 23.6 Å². The number of nitrogens with zero attached hydrogens (tertiary/aromatic N) is 2. The van der Waals surface area contributed by atoms with Crippen LogP contribution in [0.5, 0.6) is 0 Å². The molecule has 1 amide bonds. The van der Waals surface area contributed by atoms with Crippen molar-refractivity contribution in [2.45, 2.75) is 40.2 Å². The smallest absolute Gasteiger partial charge is 0.242 e. The van der Waals surface area contributed by atoms with E-state index >= 15 is 0 Å². The first-order chi connectivity index (χ1) is 7.56. The van der Waals surface area contributed by atoms with Crippen molar-refractivity contribution in [1.29, 1.82) is 0 Å². The minimum Gasteiger partial charge on any atom is -0.344 e. The highest BCUT2D eigenvalue weighted by Gasteiger charge is 2.10. The van der Waals surface area contributed by atoms with Crippen molar-refractivity contribution in [3.8, 4) is 0 Å². The van der Waals surface area contributed by atoms with Crippen molar-refractivity contribution in [3.05, 3.63) is 23.5 Å². The molecular formula is C13H22N2O. The van der Waals surface area contributed by atoms with E-state index < -0.39 is 0 Å². The molecule has 1 heterocycles. The van der Waals surface area contributed by atoms with Gasteiger partial charge in [0.25, 0.3) is 0 Å². The maximum Gasteiger partial charge on any atom is 0.242 e. The van der Waals surface area contributed by atoms with E-state index in [1.807, 2.05) is 25.8 Å². The van der Waals surface area contributed by atoms with Crippen LogP contribution in [0.15, 0.2) is 12.1 Å². The van der Waals surface area contributed by atoms with Gasteiger partial charge in [-0.1, -0.05) is 13.3 Å². The molecule has 0 N–H and O–H groups in total. The van der Waals surface area contributed by atoms with E-state index in [9.17, 15) is 4.79 Å². The Morgan fingerprint density at radius 1 is 1.31 bits per heavy atom. The average molecular weight is 222 g/mol. The number of unbranched alkanes of at least 4 members (excludes halogenated alkanes) is 1. The molecule has 3 heteroatoms. The first-order valence-electron chi connectivity index (χ1n) is 5.93. The number of aromatic nitrogens is 1. The Morgan fingerprint density at radius 3 is 2.38 bits per heavy atom. The average Bonchev–Trinajstić information content (AvgIpc) is 2.57. The van der Waals surface area contributed by atoms with Crippen molar-refractivity contribution in [1.82, 2.24) is 9.47 Å². The molecule has 90 valence electrons. The summed E-state index contributed by atoms with van der Waals surface area (Å²) < 4.78 is 2.06. The summed E-state index contributed by atoms with van der Waals surface area (Å²) in [6.45, 7) is 7.52. The van der Waals surface area contributed by atoms with E-state index in [-0.39, 0.29) is 5.91 Å². The van der Waals surface area contributed by atoms with Crippen molar-refractivity contribution in [3.63, 3.8) is 0 Å². The summed E-state index contributed by atoms with van der Waals surface area (Å²) in [7, 11) is 1.88. The summed E-state index contributed by atoms with van der Waals surface area (Å²) >= 11 is 0. The Hall–Kier alpha value is -1.25. The molecule has 1 aromatic rings. The molecule has 1 rings (SSSR count). The van der Waals surface area contributed by atoms with E-state index in [0.717, 1.165) is 30.8 Å². The van der Waals surface area contributed by atoms with Gasteiger partial charge >= 0.3 is 0 Å². The highest BCUT2D eigenvalue weighted by molar-refractivity contribution is 5.75. The summed E-state index contributed by atoms with van der Waals surface area (Å²) in [5.74, 6) is 0.191. The normalized spacial score (nSPS) is 10.5. The molecule has 0 saturated carbocycles. The topological polar surface area (TPSA) is 25.2 Å². The molecule has 0 radical (unpaired) electrons. The zero-order valence-electron chi connectivity index (χ0n) is 10.8. The third-order valence-corrected chi connectivity index (χ3v) is 2.98. The summed E-state index contributed by atoms with van der Waals surface area (Å²) in [6.07, 6.45) is 2.20. The molecule has 0 unspecified atom stereocenters. The van der Waals surface area contributed by atoms with E-state index in [1.165, 1.54) is 0 Å². The SMILES string of the molecule is CCCCN(C)C(=O)Cn1c(C)ccc1C. The fraction of sp³-hybridized carbons (Fsp3) is 0.615. The lowest BCUT2D eigenvalue weighted by Gasteiger charge is -2.18. The quantitative estimate of drug-likeness (QED) is 0.751. The van der Waals surface area contributed by atoms with Crippen LogP contribution >= 0.6 is 0 Å². The summed E-state index contributed by atoms with van der Waals surface area (Å²) in [6, 6.07) is 4.10.